The Morgan fingerprint density at radius 1 is 1.41 bits per heavy atom. The van der Waals surface area contributed by atoms with Gasteiger partial charge in [0.2, 0.25) is 0 Å². The van der Waals surface area contributed by atoms with Gasteiger partial charge in [-0.05, 0) is 31.4 Å². The number of aromatic nitrogens is 1. The van der Waals surface area contributed by atoms with Gasteiger partial charge >= 0.3 is 0 Å². The summed E-state index contributed by atoms with van der Waals surface area (Å²) in [4.78, 5) is 7.60. The number of benzene rings is 1. The van der Waals surface area contributed by atoms with Crippen molar-refractivity contribution in [3.63, 3.8) is 0 Å². The van der Waals surface area contributed by atoms with Crippen LogP contribution in [0.3, 0.4) is 0 Å². The van der Waals surface area contributed by atoms with E-state index >= 15 is 0 Å². The van der Waals surface area contributed by atoms with E-state index in [9.17, 15) is 0 Å². The van der Waals surface area contributed by atoms with Crippen molar-refractivity contribution >= 4 is 16.9 Å². The quantitative estimate of drug-likeness (QED) is 0.566. The van der Waals surface area contributed by atoms with E-state index in [1.165, 1.54) is 22.0 Å². The molecule has 2 rings (SSSR count). The molecule has 5 heteroatoms. The minimum Gasteiger partial charge on any atom is -0.383 e. The molecule has 0 bridgehead atoms. The number of aryl methyl sites for hydroxylation is 1. The van der Waals surface area contributed by atoms with E-state index in [-0.39, 0.29) is 6.04 Å². The zero-order valence-electron chi connectivity index (χ0n) is 13.9. The second-order valence-corrected chi connectivity index (χ2v) is 5.56. The third kappa shape index (κ3) is 4.01. The molecule has 0 aliphatic carbocycles. The lowest BCUT2D eigenvalue weighted by atomic mass is 10.1. The van der Waals surface area contributed by atoms with Gasteiger partial charge in [-0.15, -0.1) is 0 Å². The second-order valence-electron chi connectivity index (χ2n) is 5.56. The summed E-state index contributed by atoms with van der Waals surface area (Å²) < 4.78 is 5.12. The number of H-pyrrole nitrogens is 1. The number of nitrogens with one attached hydrogen (secondary N) is 3. The first-order valence-corrected chi connectivity index (χ1v) is 7.67. The van der Waals surface area contributed by atoms with Gasteiger partial charge in [-0.3, -0.25) is 4.99 Å². The van der Waals surface area contributed by atoms with Crippen LogP contribution in [-0.4, -0.2) is 44.3 Å². The summed E-state index contributed by atoms with van der Waals surface area (Å²) in [6, 6.07) is 6.63. The number of rotatable bonds is 6. The molecule has 0 fully saturated rings. The van der Waals surface area contributed by atoms with Crippen LogP contribution in [0.5, 0.6) is 0 Å². The summed E-state index contributed by atoms with van der Waals surface area (Å²) in [5, 5.41) is 7.95. The Kier molecular flexibility index (Phi) is 5.83. The van der Waals surface area contributed by atoms with Crippen LogP contribution in [0.4, 0.5) is 0 Å². The number of aliphatic imine (C=N–C) groups is 1. The van der Waals surface area contributed by atoms with Crippen LogP contribution >= 0.6 is 0 Å². The van der Waals surface area contributed by atoms with E-state index in [1.54, 1.807) is 14.2 Å². The zero-order valence-corrected chi connectivity index (χ0v) is 13.9. The molecule has 0 amide bonds. The van der Waals surface area contributed by atoms with Crippen molar-refractivity contribution in [2.45, 2.75) is 26.3 Å². The molecule has 1 unspecified atom stereocenters. The van der Waals surface area contributed by atoms with Crippen LogP contribution in [-0.2, 0) is 11.2 Å². The van der Waals surface area contributed by atoms with Gasteiger partial charge in [0.1, 0.15) is 0 Å². The lowest BCUT2D eigenvalue weighted by Gasteiger charge is -2.17. The fourth-order valence-corrected chi connectivity index (χ4v) is 2.61. The largest absolute Gasteiger partial charge is 0.383 e. The molecule has 1 atom stereocenters. The van der Waals surface area contributed by atoms with Crippen molar-refractivity contribution in [1.82, 2.24) is 15.6 Å². The molecule has 0 saturated heterocycles. The minimum atomic E-state index is 0.229. The van der Waals surface area contributed by atoms with Crippen molar-refractivity contribution in [3.05, 3.63) is 35.5 Å². The average molecular weight is 302 g/mol. The molecule has 22 heavy (non-hydrogen) atoms. The van der Waals surface area contributed by atoms with E-state index in [2.05, 4.69) is 58.9 Å². The monoisotopic (exact) mass is 302 g/mol. The van der Waals surface area contributed by atoms with Gasteiger partial charge in [0.05, 0.1) is 6.61 Å². The highest BCUT2D eigenvalue weighted by atomic mass is 16.5. The zero-order chi connectivity index (χ0) is 15.9. The first kappa shape index (κ1) is 16.4. The highest BCUT2D eigenvalue weighted by molar-refractivity contribution is 5.86. The number of guanidine groups is 1. The van der Waals surface area contributed by atoms with Crippen molar-refractivity contribution in [2.75, 3.05) is 27.3 Å². The van der Waals surface area contributed by atoms with Crippen LogP contribution in [0.2, 0.25) is 0 Å². The molecule has 1 aromatic heterocycles. The molecule has 0 aliphatic rings. The predicted octanol–water partition coefficient (Wildman–Crippen LogP) is 2.22. The fraction of sp³-hybridized carbons (Fsp3) is 0.471. The van der Waals surface area contributed by atoms with E-state index in [4.69, 9.17) is 4.74 Å². The Morgan fingerprint density at radius 3 is 2.95 bits per heavy atom. The fourth-order valence-electron chi connectivity index (χ4n) is 2.61. The molecule has 3 N–H and O–H groups in total. The maximum Gasteiger partial charge on any atom is 0.191 e. The number of fused-ring (bicyclic) bond motifs is 1. The van der Waals surface area contributed by atoms with E-state index in [1.807, 2.05) is 0 Å². The maximum atomic E-state index is 5.12. The SMILES string of the molecule is CN=C(NCCc1c[nH]c2c(C)cccc12)NC(C)COC. The van der Waals surface area contributed by atoms with Crippen LogP contribution in [0.15, 0.2) is 29.4 Å². The second kappa shape index (κ2) is 7.84. The Morgan fingerprint density at radius 2 is 2.23 bits per heavy atom. The Balaban J connectivity index is 1.90. The smallest absolute Gasteiger partial charge is 0.191 e. The van der Waals surface area contributed by atoms with E-state index < -0.39 is 0 Å². The topological polar surface area (TPSA) is 61.4 Å². The van der Waals surface area contributed by atoms with Crippen molar-refractivity contribution < 1.29 is 4.74 Å². The van der Waals surface area contributed by atoms with Gasteiger partial charge in [0, 0.05) is 43.8 Å². The van der Waals surface area contributed by atoms with Gasteiger partial charge in [-0.2, -0.15) is 0 Å². The molecular weight excluding hydrogens is 276 g/mol. The molecule has 1 aromatic carbocycles. The van der Waals surface area contributed by atoms with E-state index in [0.717, 1.165) is 18.9 Å². The normalized spacial score (nSPS) is 13.4. The molecule has 5 nitrogen and oxygen atoms in total. The summed E-state index contributed by atoms with van der Waals surface area (Å²) >= 11 is 0. The van der Waals surface area contributed by atoms with Crippen LogP contribution in [0.1, 0.15) is 18.1 Å². The average Bonchev–Trinajstić information content (AvgIpc) is 2.91. The first-order chi connectivity index (χ1) is 10.7. The number of aromatic amines is 1. The van der Waals surface area contributed by atoms with Crippen LogP contribution in [0, 0.1) is 6.92 Å². The van der Waals surface area contributed by atoms with Crippen molar-refractivity contribution in [2.24, 2.45) is 4.99 Å². The Bertz CT molecular complexity index is 633. The first-order valence-electron chi connectivity index (χ1n) is 7.67. The summed E-state index contributed by atoms with van der Waals surface area (Å²) in [5.74, 6) is 0.806. The van der Waals surface area contributed by atoms with Crippen molar-refractivity contribution in [1.29, 1.82) is 0 Å². The highest BCUT2D eigenvalue weighted by Crippen LogP contribution is 2.21. The standard InChI is InChI=1S/C17H26N4O/c1-12-6-5-7-15-14(10-20-16(12)15)8-9-19-17(18-3)21-13(2)11-22-4/h5-7,10,13,20H,8-9,11H2,1-4H3,(H2,18,19,21). The van der Waals surface area contributed by atoms with Gasteiger partial charge in [-0.1, -0.05) is 18.2 Å². The number of hydrogen-bond acceptors (Lipinski definition) is 2. The summed E-state index contributed by atoms with van der Waals surface area (Å²) in [7, 11) is 3.48. The minimum absolute atomic E-state index is 0.229. The lowest BCUT2D eigenvalue weighted by Crippen LogP contribution is -2.44. The molecule has 0 radical (unpaired) electrons. The summed E-state index contributed by atoms with van der Waals surface area (Å²) in [6.07, 6.45) is 3.05. The number of hydrogen-bond donors (Lipinski definition) is 3. The number of nitrogens with zero attached hydrogens (tertiary/aromatic N) is 1. The van der Waals surface area contributed by atoms with Gasteiger partial charge in [0.25, 0.3) is 0 Å². The van der Waals surface area contributed by atoms with E-state index in [0.29, 0.717) is 6.61 Å². The van der Waals surface area contributed by atoms with Gasteiger partial charge in [-0.25, -0.2) is 0 Å². The highest BCUT2D eigenvalue weighted by Gasteiger charge is 2.07. The summed E-state index contributed by atoms with van der Waals surface area (Å²) in [5.41, 5.74) is 3.84. The molecular formula is C17H26N4O. The number of para-hydroxylation sites is 1. The predicted molar refractivity (Wildman–Crippen MR) is 92.6 cm³/mol. The third-order valence-corrected chi connectivity index (χ3v) is 3.72. The molecule has 0 saturated carbocycles. The van der Waals surface area contributed by atoms with Crippen LogP contribution in [0.25, 0.3) is 10.9 Å². The van der Waals surface area contributed by atoms with Crippen molar-refractivity contribution in [3.8, 4) is 0 Å². The molecule has 0 spiro atoms. The Hall–Kier alpha value is -2.01. The molecule has 1 heterocycles. The molecule has 0 aliphatic heterocycles. The third-order valence-electron chi connectivity index (χ3n) is 3.72. The number of ether oxygens (including phenoxy) is 1. The lowest BCUT2D eigenvalue weighted by molar-refractivity contribution is 0.179. The molecule has 2 aromatic rings. The van der Waals surface area contributed by atoms with Gasteiger partial charge in [0.15, 0.2) is 5.96 Å². The summed E-state index contributed by atoms with van der Waals surface area (Å²) in [6.45, 7) is 5.69. The molecule has 120 valence electrons. The van der Waals surface area contributed by atoms with Gasteiger partial charge < -0.3 is 20.4 Å². The maximum absolute atomic E-state index is 5.12. The van der Waals surface area contributed by atoms with Crippen LogP contribution < -0.4 is 10.6 Å². The Labute approximate surface area is 132 Å². The number of methoxy groups -OCH3 is 1.